The second-order valence-electron chi connectivity index (χ2n) is 2.87. The molecule has 1 aliphatic heterocycles. The second kappa shape index (κ2) is 3.46. The van der Waals surface area contributed by atoms with Crippen LogP contribution in [0.2, 0.25) is 0 Å². The lowest BCUT2D eigenvalue weighted by atomic mass is 10.1. The zero-order valence-corrected chi connectivity index (χ0v) is 7.74. The smallest absolute Gasteiger partial charge is 0.231 e. The number of hydrogen-bond acceptors (Lipinski definition) is 4. The molecule has 0 amide bonds. The van der Waals surface area contributed by atoms with E-state index in [4.69, 9.17) is 19.5 Å². The van der Waals surface area contributed by atoms with Gasteiger partial charge in [-0.25, -0.2) is 0 Å². The van der Waals surface area contributed by atoms with Crippen molar-refractivity contribution in [3.63, 3.8) is 0 Å². The number of nitrogens with zero attached hydrogens (tertiary/aromatic N) is 1. The van der Waals surface area contributed by atoms with Gasteiger partial charge in [-0.05, 0) is 17.7 Å². The van der Waals surface area contributed by atoms with Gasteiger partial charge in [0.2, 0.25) is 12.5 Å². The first-order valence-corrected chi connectivity index (χ1v) is 4.18. The maximum absolute atomic E-state index is 8.57. The molecule has 4 heteroatoms. The van der Waals surface area contributed by atoms with Gasteiger partial charge in [-0.15, -0.1) is 0 Å². The van der Waals surface area contributed by atoms with Crippen molar-refractivity contribution in [3.8, 4) is 23.3 Å². The average Bonchev–Trinajstić information content (AvgIpc) is 2.65. The van der Waals surface area contributed by atoms with E-state index in [1.165, 1.54) is 0 Å². The van der Waals surface area contributed by atoms with Gasteiger partial charge in [-0.2, -0.15) is 5.26 Å². The van der Waals surface area contributed by atoms with Crippen molar-refractivity contribution in [1.82, 2.24) is 0 Å². The van der Waals surface area contributed by atoms with Gasteiger partial charge in [-0.1, -0.05) is 0 Å². The van der Waals surface area contributed by atoms with Crippen molar-refractivity contribution in [2.45, 2.75) is 6.42 Å². The van der Waals surface area contributed by atoms with Crippen LogP contribution >= 0.6 is 0 Å². The summed E-state index contributed by atoms with van der Waals surface area (Å²) in [6, 6.07) is 5.66. The van der Waals surface area contributed by atoms with Crippen molar-refractivity contribution < 1.29 is 14.2 Å². The number of fused-ring (bicyclic) bond motifs is 1. The van der Waals surface area contributed by atoms with E-state index in [-0.39, 0.29) is 6.79 Å². The summed E-state index contributed by atoms with van der Waals surface area (Å²) in [5.41, 5.74) is 0.869. The molecule has 2 rings (SSSR count). The third kappa shape index (κ3) is 1.33. The number of rotatable bonds is 2. The molecule has 4 nitrogen and oxygen atoms in total. The molecule has 1 aliphatic rings. The Morgan fingerprint density at radius 2 is 2.36 bits per heavy atom. The molecule has 0 aliphatic carbocycles. The Bertz CT molecular complexity index is 395. The molecule has 1 heterocycles. The Kier molecular flexibility index (Phi) is 2.15. The van der Waals surface area contributed by atoms with Crippen molar-refractivity contribution >= 4 is 0 Å². The molecule has 1 aromatic carbocycles. The van der Waals surface area contributed by atoms with Crippen molar-refractivity contribution in [2.24, 2.45) is 0 Å². The Morgan fingerprint density at radius 1 is 1.50 bits per heavy atom. The Labute approximate surface area is 81.6 Å². The minimum atomic E-state index is 0.210. The highest BCUT2D eigenvalue weighted by molar-refractivity contribution is 5.55. The molecule has 0 aromatic heterocycles. The molecule has 0 unspecified atom stereocenters. The van der Waals surface area contributed by atoms with Crippen LogP contribution in [0.3, 0.4) is 0 Å². The second-order valence-corrected chi connectivity index (χ2v) is 2.87. The Morgan fingerprint density at radius 3 is 3.07 bits per heavy atom. The fraction of sp³-hybridized carbons (Fsp3) is 0.300. The van der Waals surface area contributed by atoms with Gasteiger partial charge in [0.25, 0.3) is 0 Å². The van der Waals surface area contributed by atoms with Gasteiger partial charge in [0, 0.05) is 0 Å². The topological polar surface area (TPSA) is 51.5 Å². The van der Waals surface area contributed by atoms with Crippen LogP contribution in [0.1, 0.15) is 5.56 Å². The first kappa shape index (κ1) is 8.70. The summed E-state index contributed by atoms with van der Waals surface area (Å²) < 4.78 is 15.6. The average molecular weight is 191 g/mol. The van der Waals surface area contributed by atoms with E-state index in [0.29, 0.717) is 23.7 Å². The summed E-state index contributed by atoms with van der Waals surface area (Å²) in [6.45, 7) is 0.210. The van der Waals surface area contributed by atoms with Gasteiger partial charge in [0.05, 0.1) is 19.6 Å². The summed E-state index contributed by atoms with van der Waals surface area (Å²) in [6.07, 6.45) is 0.340. The number of benzene rings is 1. The zero-order chi connectivity index (χ0) is 9.97. The van der Waals surface area contributed by atoms with E-state index in [1.807, 2.05) is 0 Å². The van der Waals surface area contributed by atoms with Crippen LogP contribution in [0.25, 0.3) is 0 Å². The lowest BCUT2D eigenvalue weighted by molar-refractivity contribution is 0.171. The molecule has 72 valence electrons. The van der Waals surface area contributed by atoms with Crippen LogP contribution in [0, 0.1) is 11.3 Å². The quantitative estimate of drug-likeness (QED) is 0.710. The van der Waals surface area contributed by atoms with Gasteiger partial charge in [0.1, 0.15) is 0 Å². The summed E-state index contributed by atoms with van der Waals surface area (Å²) >= 11 is 0. The molecule has 0 radical (unpaired) electrons. The number of ether oxygens (including phenoxy) is 3. The molecule has 0 saturated heterocycles. The first-order valence-electron chi connectivity index (χ1n) is 4.18. The van der Waals surface area contributed by atoms with E-state index in [1.54, 1.807) is 19.2 Å². The van der Waals surface area contributed by atoms with Crippen LogP contribution in [0.4, 0.5) is 0 Å². The lowest BCUT2D eigenvalue weighted by Gasteiger charge is -2.05. The molecule has 0 atom stereocenters. The molecule has 0 spiro atoms. The zero-order valence-electron chi connectivity index (χ0n) is 7.74. The van der Waals surface area contributed by atoms with Crippen LogP contribution in [-0.2, 0) is 6.42 Å². The first-order chi connectivity index (χ1) is 6.85. The van der Waals surface area contributed by atoms with Crippen molar-refractivity contribution in [3.05, 3.63) is 17.7 Å². The van der Waals surface area contributed by atoms with Gasteiger partial charge >= 0.3 is 0 Å². The predicted molar refractivity (Wildman–Crippen MR) is 48.4 cm³/mol. The van der Waals surface area contributed by atoms with Crippen molar-refractivity contribution in [1.29, 1.82) is 5.26 Å². The van der Waals surface area contributed by atoms with Crippen LogP contribution in [0.15, 0.2) is 12.1 Å². The lowest BCUT2D eigenvalue weighted by Crippen LogP contribution is -1.93. The van der Waals surface area contributed by atoms with Gasteiger partial charge in [-0.3, -0.25) is 0 Å². The Hall–Kier alpha value is -1.89. The molecule has 0 N–H and O–H groups in total. The van der Waals surface area contributed by atoms with E-state index in [0.717, 1.165) is 5.56 Å². The summed E-state index contributed by atoms with van der Waals surface area (Å²) in [7, 11) is 1.56. The van der Waals surface area contributed by atoms with E-state index >= 15 is 0 Å². The molecule has 14 heavy (non-hydrogen) atoms. The third-order valence-corrected chi connectivity index (χ3v) is 2.00. The van der Waals surface area contributed by atoms with Gasteiger partial charge in [0.15, 0.2) is 11.5 Å². The molecule has 1 aromatic rings. The molecular weight excluding hydrogens is 182 g/mol. The fourth-order valence-corrected chi connectivity index (χ4v) is 1.38. The SMILES string of the molecule is COc1cc(CC#N)cc2c1OCO2. The van der Waals surface area contributed by atoms with Crippen LogP contribution in [-0.4, -0.2) is 13.9 Å². The highest BCUT2D eigenvalue weighted by Gasteiger charge is 2.19. The summed E-state index contributed by atoms with van der Waals surface area (Å²) in [4.78, 5) is 0. The molecule has 0 bridgehead atoms. The number of hydrogen-bond donors (Lipinski definition) is 0. The normalized spacial score (nSPS) is 12.3. The standard InChI is InChI=1S/C10H9NO3/c1-12-8-4-7(2-3-11)5-9-10(8)14-6-13-9/h4-5H,2,6H2,1H3. The van der Waals surface area contributed by atoms with Crippen LogP contribution < -0.4 is 14.2 Å². The van der Waals surface area contributed by atoms with Crippen molar-refractivity contribution in [2.75, 3.05) is 13.9 Å². The van der Waals surface area contributed by atoms with E-state index in [9.17, 15) is 0 Å². The summed E-state index contributed by atoms with van der Waals surface area (Å²) in [5.74, 6) is 1.88. The number of nitriles is 1. The molecular formula is C10H9NO3. The Balaban J connectivity index is 2.45. The van der Waals surface area contributed by atoms with E-state index in [2.05, 4.69) is 6.07 Å². The highest BCUT2D eigenvalue weighted by Crippen LogP contribution is 2.41. The largest absolute Gasteiger partial charge is 0.493 e. The maximum atomic E-state index is 8.57. The van der Waals surface area contributed by atoms with Gasteiger partial charge < -0.3 is 14.2 Å². The maximum Gasteiger partial charge on any atom is 0.231 e. The molecule has 0 fully saturated rings. The minimum absolute atomic E-state index is 0.210. The number of methoxy groups -OCH3 is 1. The monoisotopic (exact) mass is 191 g/mol. The van der Waals surface area contributed by atoms with Crippen LogP contribution in [0.5, 0.6) is 17.2 Å². The minimum Gasteiger partial charge on any atom is -0.493 e. The third-order valence-electron chi connectivity index (χ3n) is 2.00. The fourth-order valence-electron chi connectivity index (χ4n) is 1.38. The highest BCUT2D eigenvalue weighted by atomic mass is 16.7. The predicted octanol–water partition coefficient (Wildman–Crippen LogP) is 1.49. The van der Waals surface area contributed by atoms with E-state index < -0.39 is 0 Å². The molecule has 0 saturated carbocycles. The summed E-state index contributed by atoms with van der Waals surface area (Å²) in [5, 5.41) is 8.57.